The van der Waals surface area contributed by atoms with E-state index in [-0.39, 0.29) is 42.9 Å². The van der Waals surface area contributed by atoms with Gasteiger partial charge in [-0.25, -0.2) is 9.65 Å². The highest BCUT2D eigenvalue weighted by Crippen LogP contribution is 2.51. The van der Waals surface area contributed by atoms with E-state index in [0.717, 1.165) is 16.7 Å². The van der Waals surface area contributed by atoms with Crippen LogP contribution in [0.3, 0.4) is 0 Å². The first-order chi connectivity index (χ1) is 27.1. The summed E-state index contributed by atoms with van der Waals surface area (Å²) in [6.45, 7) is 8.63. The third-order valence-electron chi connectivity index (χ3n) is 9.80. The fourth-order valence-electron chi connectivity index (χ4n) is 7.24. The lowest BCUT2D eigenvalue weighted by Gasteiger charge is -2.39. The van der Waals surface area contributed by atoms with E-state index >= 15 is 0 Å². The van der Waals surface area contributed by atoms with E-state index in [9.17, 15) is 15.4 Å². The maximum atomic E-state index is 11.9. The molecule has 1 aromatic heterocycles. The number of aromatic nitrogens is 2. The molecular weight excluding hydrogens is 733 g/mol. The van der Waals surface area contributed by atoms with Gasteiger partial charge in [0.05, 0.1) is 62.8 Å². The van der Waals surface area contributed by atoms with Crippen LogP contribution in [0, 0.1) is 21.4 Å². The number of para-hydroxylation sites is 1. The zero-order valence-corrected chi connectivity index (χ0v) is 33.4. The van der Waals surface area contributed by atoms with Crippen molar-refractivity contribution in [2.45, 2.75) is 76.7 Å². The third kappa shape index (κ3) is 8.56. The molecule has 0 bridgehead atoms. The summed E-state index contributed by atoms with van der Waals surface area (Å²) >= 11 is 0. The minimum Gasteiger partial charge on any atom is -0.497 e. The van der Waals surface area contributed by atoms with Crippen LogP contribution in [0.25, 0.3) is 11.0 Å². The highest BCUT2D eigenvalue weighted by atomic mass is 31.2. The Balaban J connectivity index is 1.44. The number of rotatable bonds is 18. The van der Waals surface area contributed by atoms with E-state index in [4.69, 9.17) is 28.0 Å². The summed E-state index contributed by atoms with van der Waals surface area (Å²) < 4.78 is 42.6. The molecule has 1 fully saturated rings. The second-order valence-electron chi connectivity index (χ2n) is 13.9. The molecule has 0 aliphatic carbocycles. The molecule has 1 unspecified atom stereocenters. The van der Waals surface area contributed by atoms with Gasteiger partial charge in [0, 0.05) is 24.6 Å². The molecule has 1 aliphatic heterocycles. The summed E-state index contributed by atoms with van der Waals surface area (Å²) in [6.07, 6.45) is 0.371. The molecule has 14 heteroatoms. The minimum absolute atomic E-state index is 0.0741. The molecule has 0 N–H and O–H groups in total. The van der Waals surface area contributed by atoms with Gasteiger partial charge in [0.15, 0.2) is 5.52 Å². The molecule has 0 saturated carbocycles. The molecule has 4 aromatic carbocycles. The standard InChI is InChI=1S/C42H48N5O8P/c1-29(2)46(30(3)4)56(53-25-11-24-43)55-38-26-40(45-28-44-41-36(45)14-10-15-37(41)47(48)49)54-39(38)27-52-42(31-12-8-7-9-13-31,32-16-20-34(50-5)21-17-32)33-18-22-35(51-6)23-19-33/h7-10,12-23,28-30,38-40H,11,25-27H2,1-6H3/t38-,39+,40+,56?/m0/s1. The topological polar surface area (TPSA) is 143 Å². The number of benzene rings is 4. The molecule has 0 amide bonds. The van der Waals surface area contributed by atoms with Crippen LogP contribution in [0.1, 0.15) is 63.5 Å². The molecule has 0 spiro atoms. The van der Waals surface area contributed by atoms with Crippen LogP contribution in [0.4, 0.5) is 5.69 Å². The SMILES string of the molecule is COc1ccc(C(OC[C@H]2O[C@@H](n3cnc4c([N+](=O)[O-])cccc43)C[C@@H]2OP(OCCC#N)N(C(C)C)C(C)C)(c2ccccc2)c2ccc(OC)cc2)cc1. The van der Waals surface area contributed by atoms with E-state index < -0.39 is 37.5 Å². The van der Waals surface area contributed by atoms with Gasteiger partial charge in [-0.3, -0.25) is 10.1 Å². The van der Waals surface area contributed by atoms with Crippen LogP contribution in [0.5, 0.6) is 11.5 Å². The molecule has 294 valence electrons. The zero-order chi connectivity index (χ0) is 39.8. The molecular formula is C42H48N5O8P. The number of nitro groups is 1. The first-order valence-electron chi connectivity index (χ1n) is 18.6. The van der Waals surface area contributed by atoms with E-state index in [1.807, 2.05) is 83.4 Å². The number of hydrogen-bond acceptors (Lipinski definition) is 11. The predicted molar refractivity (Wildman–Crippen MR) is 213 cm³/mol. The summed E-state index contributed by atoms with van der Waals surface area (Å²) in [7, 11) is 1.61. The second kappa shape index (κ2) is 18.3. The molecule has 1 saturated heterocycles. The van der Waals surface area contributed by atoms with Gasteiger partial charge < -0.3 is 32.6 Å². The Bertz CT molecular complexity index is 2030. The largest absolute Gasteiger partial charge is 0.497 e. The van der Waals surface area contributed by atoms with E-state index in [1.54, 1.807) is 32.7 Å². The van der Waals surface area contributed by atoms with Crippen molar-refractivity contribution in [3.63, 3.8) is 0 Å². The summed E-state index contributed by atoms with van der Waals surface area (Å²) in [6, 6.07) is 32.8. The van der Waals surface area contributed by atoms with Crippen LogP contribution in [0.15, 0.2) is 103 Å². The van der Waals surface area contributed by atoms with Crippen molar-refractivity contribution in [2.75, 3.05) is 27.4 Å². The highest BCUT2D eigenvalue weighted by molar-refractivity contribution is 7.44. The fraction of sp³-hybridized carbons (Fsp3) is 0.381. The number of nitro benzene ring substituents is 1. The Morgan fingerprint density at radius 3 is 2.09 bits per heavy atom. The molecule has 0 radical (unpaired) electrons. The monoisotopic (exact) mass is 781 g/mol. The van der Waals surface area contributed by atoms with Gasteiger partial charge in [0.25, 0.3) is 14.2 Å². The molecule has 1 aliphatic rings. The van der Waals surface area contributed by atoms with Crippen molar-refractivity contribution in [3.05, 3.63) is 130 Å². The van der Waals surface area contributed by atoms with E-state index in [0.29, 0.717) is 23.4 Å². The molecule has 5 aromatic rings. The Morgan fingerprint density at radius 2 is 1.54 bits per heavy atom. The maximum absolute atomic E-state index is 11.9. The number of ether oxygens (including phenoxy) is 4. The minimum atomic E-state index is -1.65. The van der Waals surface area contributed by atoms with Crippen molar-refractivity contribution in [1.82, 2.24) is 14.2 Å². The van der Waals surface area contributed by atoms with E-state index in [1.165, 1.54) is 6.07 Å². The number of nitrogens with zero attached hydrogens (tertiary/aromatic N) is 5. The molecule has 13 nitrogen and oxygen atoms in total. The van der Waals surface area contributed by atoms with E-state index in [2.05, 4.69) is 43.4 Å². The lowest BCUT2D eigenvalue weighted by Crippen LogP contribution is -2.39. The summed E-state index contributed by atoms with van der Waals surface area (Å²) in [5.74, 6) is 1.41. The van der Waals surface area contributed by atoms with Crippen LogP contribution in [-0.4, -0.2) is 70.9 Å². The van der Waals surface area contributed by atoms with Crippen LogP contribution in [0.2, 0.25) is 0 Å². The molecule has 4 atom stereocenters. The highest BCUT2D eigenvalue weighted by Gasteiger charge is 2.45. The van der Waals surface area contributed by atoms with Gasteiger partial charge in [-0.2, -0.15) is 5.26 Å². The van der Waals surface area contributed by atoms with Crippen molar-refractivity contribution < 1.29 is 32.9 Å². The first kappa shape index (κ1) is 40.7. The molecule has 6 rings (SSSR count). The number of nitriles is 1. The lowest BCUT2D eigenvalue weighted by atomic mass is 9.80. The normalized spacial score (nSPS) is 17.8. The summed E-state index contributed by atoms with van der Waals surface area (Å²) in [5, 5.41) is 21.2. The van der Waals surface area contributed by atoms with Crippen molar-refractivity contribution >= 4 is 25.2 Å². The Hall–Kier alpha value is -4.93. The first-order valence-corrected chi connectivity index (χ1v) is 19.7. The van der Waals surface area contributed by atoms with Gasteiger partial charge in [-0.1, -0.05) is 60.7 Å². The fourth-order valence-corrected chi connectivity index (χ4v) is 9.00. The quantitative estimate of drug-likeness (QED) is 0.0276. The van der Waals surface area contributed by atoms with Crippen molar-refractivity contribution in [3.8, 4) is 17.6 Å². The van der Waals surface area contributed by atoms with Gasteiger partial charge in [-0.15, -0.1) is 0 Å². The van der Waals surface area contributed by atoms with Crippen LogP contribution < -0.4 is 9.47 Å². The van der Waals surface area contributed by atoms with Crippen molar-refractivity contribution in [2.24, 2.45) is 0 Å². The maximum Gasteiger partial charge on any atom is 0.297 e. The lowest BCUT2D eigenvalue weighted by molar-refractivity contribution is -0.383. The average molecular weight is 782 g/mol. The van der Waals surface area contributed by atoms with Gasteiger partial charge in [0.1, 0.15) is 29.4 Å². The van der Waals surface area contributed by atoms with Crippen molar-refractivity contribution in [1.29, 1.82) is 5.26 Å². The van der Waals surface area contributed by atoms with Gasteiger partial charge in [0.2, 0.25) is 0 Å². The average Bonchev–Trinajstić information content (AvgIpc) is 3.82. The number of methoxy groups -OCH3 is 2. The van der Waals surface area contributed by atoms with Crippen LogP contribution in [-0.2, 0) is 24.1 Å². The third-order valence-corrected chi connectivity index (χ3v) is 12.0. The molecule has 2 heterocycles. The predicted octanol–water partition coefficient (Wildman–Crippen LogP) is 8.92. The number of hydrogen-bond donors (Lipinski definition) is 0. The smallest absolute Gasteiger partial charge is 0.297 e. The summed E-state index contributed by atoms with van der Waals surface area (Å²) in [4.78, 5) is 15.9. The Kier molecular flexibility index (Phi) is 13.3. The van der Waals surface area contributed by atoms with Gasteiger partial charge >= 0.3 is 0 Å². The molecule has 56 heavy (non-hydrogen) atoms. The zero-order valence-electron chi connectivity index (χ0n) is 32.5. The Labute approximate surface area is 328 Å². The summed E-state index contributed by atoms with van der Waals surface area (Å²) in [5.41, 5.74) is 2.25. The number of non-ortho nitro benzene ring substituents is 1. The second-order valence-corrected chi connectivity index (χ2v) is 15.3. The Morgan fingerprint density at radius 1 is 0.929 bits per heavy atom. The number of fused-ring (bicyclic) bond motifs is 1. The number of imidazole rings is 1. The van der Waals surface area contributed by atoms with Crippen LogP contribution >= 0.6 is 8.53 Å². The van der Waals surface area contributed by atoms with Gasteiger partial charge in [-0.05, 0) is 74.7 Å².